The number of carbonyl (C=O) groups excluding carboxylic acids is 1. The van der Waals surface area contributed by atoms with Gasteiger partial charge in [-0.1, -0.05) is 58.4 Å². The van der Waals surface area contributed by atoms with Gasteiger partial charge in [0.05, 0.1) is 11.3 Å². The van der Waals surface area contributed by atoms with E-state index in [4.69, 9.17) is 0 Å². The van der Waals surface area contributed by atoms with Crippen LogP contribution in [-0.2, 0) is 0 Å². The Hall–Kier alpha value is -2.83. The molecule has 1 amide bonds. The second kappa shape index (κ2) is 9.35. The molecule has 0 radical (unpaired) electrons. The van der Waals surface area contributed by atoms with Gasteiger partial charge in [-0.25, -0.2) is 0 Å². The molecule has 0 saturated carbocycles. The molecule has 0 aromatic heterocycles. The first kappa shape index (κ1) is 21.0. The Kier molecular flexibility index (Phi) is 6.14. The summed E-state index contributed by atoms with van der Waals surface area (Å²) >= 11 is 3.58. The average molecular weight is 491 g/mol. The highest BCUT2D eigenvalue weighted by Gasteiger charge is 2.32. The Balaban J connectivity index is 1.31. The van der Waals surface area contributed by atoms with Crippen molar-refractivity contribution in [1.29, 1.82) is 0 Å². The lowest BCUT2D eigenvalue weighted by Gasteiger charge is -2.41. The second-order valence-electron chi connectivity index (χ2n) is 8.31. The average Bonchev–Trinajstić information content (AvgIpc) is 2.84. The summed E-state index contributed by atoms with van der Waals surface area (Å²) in [6.45, 7) is 5.95. The minimum absolute atomic E-state index is 0.0155. The van der Waals surface area contributed by atoms with Gasteiger partial charge in [0, 0.05) is 49.4 Å². The van der Waals surface area contributed by atoms with E-state index >= 15 is 0 Å². The van der Waals surface area contributed by atoms with Gasteiger partial charge in [-0.2, -0.15) is 0 Å². The van der Waals surface area contributed by atoms with E-state index in [0.717, 1.165) is 60.6 Å². The van der Waals surface area contributed by atoms with E-state index in [-0.39, 0.29) is 12.1 Å². The summed E-state index contributed by atoms with van der Waals surface area (Å²) in [6, 6.07) is 26.8. The predicted molar refractivity (Wildman–Crippen MR) is 133 cm³/mol. The molecule has 2 aliphatic heterocycles. The van der Waals surface area contributed by atoms with E-state index in [9.17, 15) is 4.79 Å². The molecule has 3 aromatic rings. The summed E-state index contributed by atoms with van der Waals surface area (Å²) in [5.41, 5.74) is 4.13. The Morgan fingerprint density at radius 2 is 1.59 bits per heavy atom. The summed E-state index contributed by atoms with van der Waals surface area (Å²) in [6.07, 6.45) is -0.180. The molecule has 1 fully saturated rings. The van der Waals surface area contributed by atoms with Crippen LogP contribution in [0.1, 0.15) is 22.1 Å². The minimum atomic E-state index is -0.180. The SMILES string of the molecule is O=C1NC(c2cccc(Br)c2)N(CCN2CCN(c3ccccc3)CC2)c2ccccc21. The topological polar surface area (TPSA) is 38.8 Å². The third kappa shape index (κ3) is 4.38. The maximum absolute atomic E-state index is 12.8. The van der Waals surface area contributed by atoms with Crippen LogP contribution in [-0.4, -0.2) is 50.1 Å². The Morgan fingerprint density at radius 1 is 0.844 bits per heavy atom. The summed E-state index contributed by atoms with van der Waals surface area (Å²) in [5.74, 6) is -0.0155. The molecule has 2 heterocycles. The fourth-order valence-corrected chi connectivity index (χ4v) is 5.06. The van der Waals surface area contributed by atoms with Crippen molar-refractivity contribution in [1.82, 2.24) is 10.2 Å². The van der Waals surface area contributed by atoms with Crippen LogP contribution in [0.25, 0.3) is 0 Å². The van der Waals surface area contributed by atoms with Crippen molar-refractivity contribution in [3.63, 3.8) is 0 Å². The van der Waals surface area contributed by atoms with Gasteiger partial charge < -0.3 is 15.1 Å². The number of piperazine rings is 1. The molecule has 6 heteroatoms. The van der Waals surface area contributed by atoms with Gasteiger partial charge in [0.1, 0.15) is 6.17 Å². The van der Waals surface area contributed by atoms with E-state index < -0.39 is 0 Å². The summed E-state index contributed by atoms with van der Waals surface area (Å²) < 4.78 is 1.01. The number of benzene rings is 3. The molecule has 0 spiro atoms. The summed E-state index contributed by atoms with van der Waals surface area (Å²) in [5, 5.41) is 3.22. The molecule has 0 bridgehead atoms. The summed E-state index contributed by atoms with van der Waals surface area (Å²) in [7, 11) is 0. The smallest absolute Gasteiger partial charge is 0.255 e. The van der Waals surface area contributed by atoms with Crippen molar-refractivity contribution in [2.45, 2.75) is 6.17 Å². The first-order valence-corrected chi connectivity index (χ1v) is 11.9. The van der Waals surface area contributed by atoms with Crippen LogP contribution in [0.5, 0.6) is 0 Å². The Labute approximate surface area is 197 Å². The molecule has 32 heavy (non-hydrogen) atoms. The van der Waals surface area contributed by atoms with Gasteiger partial charge in [-0.3, -0.25) is 9.69 Å². The van der Waals surface area contributed by atoms with Crippen molar-refractivity contribution >= 4 is 33.2 Å². The van der Waals surface area contributed by atoms with Crippen molar-refractivity contribution in [2.75, 3.05) is 49.1 Å². The normalized spacial score (nSPS) is 18.9. The van der Waals surface area contributed by atoms with Crippen molar-refractivity contribution in [2.24, 2.45) is 0 Å². The molecule has 164 valence electrons. The van der Waals surface area contributed by atoms with E-state index in [1.54, 1.807) is 0 Å². The van der Waals surface area contributed by atoms with Gasteiger partial charge in [0.2, 0.25) is 0 Å². The fraction of sp³-hybridized carbons (Fsp3) is 0.269. The third-order valence-corrected chi connectivity index (χ3v) is 6.85. The Morgan fingerprint density at radius 3 is 2.38 bits per heavy atom. The number of nitrogens with one attached hydrogen (secondary N) is 1. The van der Waals surface area contributed by atoms with Crippen LogP contribution in [0.15, 0.2) is 83.3 Å². The molecule has 1 unspecified atom stereocenters. The minimum Gasteiger partial charge on any atom is -0.369 e. The number of amides is 1. The lowest BCUT2D eigenvalue weighted by atomic mass is 10.0. The number of hydrogen-bond donors (Lipinski definition) is 1. The standard InChI is InChI=1S/C26H27BrN4O/c27-21-8-6-7-20(19-21)25-28-26(32)23-11-4-5-12-24(23)31(25)18-15-29-13-16-30(17-14-29)22-9-2-1-3-10-22/h1-12,19,25H,13-18H2,(H,28,32). The van der Waals surface area contributed by atoms with Crippen LogP contribution in [0.2, 0.25) is 0 Å². The number of nitrogens with zero attached hydrogens (tertiary/aromatic N) is 3. The second-order valence-corrected chi connectivity index (χ2v) is 9.22. The first-order chi connectivity index (χ1) is 15.7. The number of fused-ring (bicyclic) bond motifs is 1. The van der Waals surface area contributed by atoms with Gasteiger partial charge in [0.25, 0.3) is 5.91 Å². The number of rotatable bonds is 5. The molecule has 5 nitrogen and oxygen atoms in total. The lowest BCUT2D eigenvalue weighted by Crippen LogP contribution is -2.52. The number of halogens is 1. The number of hydrogen-bond acceptors (Lipinski definition) is 4. The van der Waals surface area contributed by atoms with Crippen LogP contribution in [0.4, 0.5) is 11.4 Å². The molecular weight excluding hydrogens is 464 g/mol. The maximum Gasteiger partial charge on any atom is 0.255 e. The molecule has 5 rings (SSSR count). The molecule has 0 aliphatic carbocycles. The van der Waals surface area contributed by atoms with Crippen LogP contribution < -0.4 is 15.1 Å². The largest absolute Gasteiger partial charge is 0.369 e. The number of carbonyl (C=O) groups is 1. The lowest BCUT2D eigenvalue weighted by molar-refractivity contribution is 0.0925. The van der Waals surface area contributed by atoms with Gasteiger partial charge >= 0.3 is 0 Å². The maximum atomic E-state index is 12.8. The monoisotopic (exact) mass is 490 g/mol. The highest BCUT2D eigenvalue weighted by molar-refractivity contribution is 9.10. The molecular formula is C26H27BrN4O. The fourth-order valence-electron chi connectivity index (χ4n) is 4.64. The van der Waals surface area contributed by atoms with Crippen molar-refractivity contribution in [3.8, 4) is 0 Å². The zero-order valence-corrected chi connectivity index (χ0v) is 19.5. The first-order valence-electron chi connectivity index (χ1n) is 11.1. The van der Waals surface area contributed by atoms with Gasteiger partial charge in [-0.05, 0) is 42.0 Å². The zero-order valence-electron chi connectivity index (χ0n) is 18.0. The highest BCUT2D eigenvalue weighted by atomic mass is 79.9. The highest BCUT2D eigenvalue weighted by Crippen LogP contribution is 2.33. The molecule has 1 atom stereocenters. The number of para-hydroxylation sites is 2. The number of anilines is 2. The van der Waals surface area contributed by atoms with Gasteiger partial charge in [0.15, 0.2) is 0 Å². The van der Waals surface area contributed by atoms with Gasteiger partial charge in [-0.15, -0.1) is 0 Å². The van der Waals surface area contributed by atoms with Crippen LogP contribution in [0, 0.1) is 0 Å². The van der Waals surface area contributed by atoms with Crippen LogP contribution >= 0.6 is 15.9 Å². The van der Waals surface area contributed by atoms with E-state index in [1.165, 1.54) is 5.69 Å². The van der Waals surface area contributed by atoms with Crippen LogP contribution in [0.3, 0.4) is 0 Å². The van der Waals surface area contributed by atoms with Crippen molar-refractivity contribution < 1.29 is 4.79 Å². The van der Waals surface area contributed by atoms with Crippen molar-refractivity contribution in [3.05, 3.63) is 94.5 Å². The van der Waals surface area contributed by atoms with E-state index in [2.05, 4.69) is 84.5 Å². The summed E-state index contributed by atoms with van der Waals surface area (Å²) in [4.78, 5) is 20.1. The zero-order chi connectivity index (χ0) is 21.9. The Bertz CT molecular complexity index is 1080. The molecule has 3 aromatic carbocycles. The molecule has 2 aliphatic rings. The predicted octanol–water partition coefficient (Wildman–Crippen LogP) is 4.52. The van der Waals surface area contributed by atoms with E-state index in [1.807, 2.05) is 30.3 Å². The quantitative estimate of drug-likeness (QED) is 0.570. The van der Waals surface area contributed by atoms with E-state index in [0.29, 0.717) is 0 Å². The molecule has 1 saturated heterocycles. The third-order valence-electron chi connectivity index (χ3n) is 6.35. The molecule has 1 N–H and O–H groups in total.